The number of fused-ring (bicyclic) bond motifs is 1. The molecule has 0 aliphatic carbocycles. The minimum atomic E-state index is -3.51. The average Bonchev–Trinajstić information content (AvgIpc) is 2.94. The first-order valence-electron chi connectivity index (χ1n) is 11.6. The summed E-state index contributed by atoms with van der Waals surface area (Å²) in [6.07, 6.45) is 2.00. The number of nitrogens with zero attached hydrogens (tertiary/aromatic N) is 2. The van der Waals surface area contributed by atoms with Crippen molar-refractivity contribution >= 4 is 39.8 Å². The summed E-state index contributed by atoms with van der Waals surface area (Å²) < 4.78 is 45.9. The number of nitrogens with one attached hydrogen (secondary N) is 2. The van der Waals surface area contributed by atoms with Gasteiger partial charge in [-0.05, 0) is 30.0 Å². The summed E-state index contributed by atoms with van der Waals surface area (Å²) in [5, 5.41) is 26.1. The molecule has 1 unspecified atom stereocenters. The summed E-state index contributed by atoms with van der Waals surface area (Å²) in [6.45, 7) is 14.4. The molecule has 2 aromatic rings. The molecule has 0 bridgehead atoms. The van der Waals surface area contributed by atoms with Gasteiger partial charge in [0.25, 0.3) is 0 Å². The lowest BCUT2D eigenvalue weighted by Crippen LogP contribution is -2.26. The molecule has 194 valence electrons. The molecule has 0 saturated heterocycles. The van der Waals surface area contributed by atoms with Crippen molar-refractivity contribution in [2.24, 2.45) is 10.2 Å². The fourth-order valence-corrected chi connectivity index (χ4v) is 6.63. The van der Waals surface area contributed by atoms with Crippen LogP contribution in [0, 0.1) is 5.41 Å². The Morgan fingerprint density at radius 2 is 1.77 bits per heavy atom. The monoisotopic (exact) mass is 524 g/mol. The van der Waals surface area contributed by atoms with Crippen LogP contribution in [-0.2, 0) is 26.5 Å². The largest absolute Gasteiger partial charge is 0.505 e. The molecule has 0 amide bonds. The lowest BCUT2D eigenvalue weighted by Gasteiger charge is -2.25. The summed E-state index contributed by atoms with van der Waals surface area (Å²) in [5.74, 6) is -0.109. The van der Waals surface area contributed by atoms with Crippen molar-refractivity contribution in [3.8, 4) is 11.6 Å². The normalized spacial score (nSPS) is 18.6. The predicted molar refractivity (Wildman–Crippen MR) is 143 cm³/mol. The van der Waals surface area contributed by atoms with Gasteiger partial charge in [-0.25, -0.2) is 13.2 Å². The number of aromatic hydroxyl groups is 2. The molecule has 1 aromatic heterocycles. The van der Waals surface area contributed by atoms with Gasteiger partial charge in [-0.2, -0.15) is 0 Å². The molecule has 4 N–H and O–H groups in total. The fourth-order valence-electron chi connectivity index (χ4n) is 4.16. The van der Waals surface area contributed by atoms with Gasteiger partial charge in [-0.15, -0.1) is 0 Å². The van der Waals surface area contributed by atoms with Crippen LogP contribution in [0.5, 0.6) is 11.6 Å². The zero-order valence-electron chi connectivity index (χ0n) is 21.7. The van der Waals surface area contributed by atoms with Crippen molar-refractivity contribution in [1.29, 1.82) is 0 Å². The van der Waals surface area contributed by atoms with E-state index in [4.69, 9.17) is 0 Å². The third-order valence-corrected chi connectivity index (χ3v) is 8.97. The first-order chi connectivity index (χ1) is 15.9. The highest BCUT2D eigenvalue weighted by Crippen LogP contribution is 2.52. The quantitative estimate of drug-likeness (QED) is 0.401. The molecule has 0 fully saturated rings. The zero-order chi connectivity index (χ0) is 26.6. The van der Waals surface area contributed by atoms with Crippen LogP contribution in [-0.4, -0.2) is 41.5 Å². The van der Waals surface area contributed by atoms with Crippen LogP contribution in [0.25, 0.3) is 0 Å². The zero-order valence-corrected chi connectivity index (χ0v) is 23.4. The predicted octanol–water partition coefficient (Wildman–Crippen LogP) is 4.80. The SMILES string of the molecule is CCP1(=O)N=C(c2c(O)c(C(C)(C)C)n(CCC(C)(C)C)c2O)Nc2ccc(NS(C)(=O)=O)cc21. The molecule has 2 heterocycles. The summed E-state index contributed by atoms with van der Waals surface area (Å²) in [6, 6.07) is 4.70. The van der Waals surface area contributed by atoms with E-state index in [0.29, 0.717) is 23.2 Å². The third kappa shape index (κ3) is 5.70. The summed E-state index contributed by atoms with van der Waals surface area (Å²) in [7, 11) is -6.88. The van der Waals surface area contributed by atoms with Crippen molar-refractivity contribution in [1.82, 2.24) is 4.57 Å². The van der Waals surface area contributed by atoms with Crippen LogP contribution in [0.15, 0.2) is 23.0 Å². The molecule has 3 rings (SSSR count). The van der Waals surface area contributed by atoms with E-state index in [9.17, 15) is 23.2 Å². The maximum atomic E-state index is 13.9. The molecule has 0 radical (unpaired) electrons. The maximum Gasteiger partial charge on any atom is 0.229 e. The highest BCUT2D eigenvalue weighted by Gasteiger charge is 2.37. The van der Waals surface area contributed by atoms with Gasteiger partial charge in [0.05, 0.1) is 22.9 Å². The Labute approximate surface area is 208 Å². The first-order valence-corrected chi connectivity index (χ1v) is 15.3. The standard InChI is InChI=1S/C24H37N4O5PS/c1-9-34(31)17-14-15(27-35(8,32)33)10-11-16(17)25-21(26-34)18-19(29)20(24(5,6)7)28(22(18)30)13-12-23(2,3)4/h10-11,14,27,29-30H,9,12-13H2,1-8H3,(H,25,26,31). The second kappa shape index (κ2) is 8.89. The van der Waals surface area contributed by atoms with Gasteiger partial charge in [-0.3, -0.25) is 9.29 Å². The van der Waals surface area contributed by atoms with E-state index >= 15 is 0 Å². The molecule has 35 heavy (non-hydrogen) atoms. The van der Waals surface area contributed by atoms with E-state index in [0.717, 1.165) is 12.7 Å². The lowest BCUT2D eigenvalue weighted by atomic mass is 9.89. The van der Waals surface area contributed by atoms with Gasteiger partial charge in [0.2, 0.25) is 23.2 Å². The Hall–Kier alpha value is -2.45. The minimum absolute atomic E-state index is 0.0107. The van der Waals surface area contributed by atoms with Crippen molar-refractivity contribution in [3.63, 3.8) is 0 Å². The molecule has 1 aromatic carbocycles. The van der Waals surface area contributed by atoms with Crippen LogP contribution in [0.1, 0.15) is 66.1 Å². The number of rotatable bonds is 6. The van der Waals surface area contributed by atoms with Gasteiger partial charge >= 0.3 is 0 Å². The van der Waals surface area contributed by atoms with Gasteiger partial charge in [0.1, 0.15) is 11.4 Å². The van der Waals surface area contributed by atoms with Gasteiger partial charge < -0.3 is 20.1 Å². The molecule has 0 spiro atoms. The van der Waals surface area contributed by atoms with Crippen LogP contribution >= 0.6 is 7.29 Å². The van der Waals surface area contributed by atoms with Gasteiger partial charge in [0, 0.05) is 23.8 Å². The minimum Gasteiger partial charge on any atom is -0.505 e. The van der Waals surface area contributed by atoms with Crippen molar-refractivity contribution < 1.29 is 23.2 Å². The highest BCUT2D eigenvalue weighted by atomic mass is 32.2. The Balaban J connectivity index is 2.17. The maximum absolute atomic E-state index is 13.9. The van der Waals surface area contributed by atoms with Crippen molar-refractivity contribution in [3.05, 3.63) is 29.5 Å². The highest BCUT2D eigenvalue weighted by molar-refractivity contribution is 7.92. The molecular weight excluding hydrogens is 487 g/mol. The average molecular weight is 525 g/mol. The number of anilines is 2. The van der Waals surface area contributed by atoms with Crippen molar-refractivity contribution in [2.45, 2.75) is 66.8 Å². The summed E-state index contributed by atoms with van der Waals surface area (Å²) in [4.78, 5) is 0. The number of benzene rings is 1. The van der Waals surface area contributed by atoms with E-state index in [1.165, 1.54) is 6.07 Å². The van der Waals surface area contributed by atoms with E-state index in [-0.39, 0.29) is 40.3 Å². The van der Waals surface area contributed by atoms with E-state index in [1.54, 1.807) is 23.6 Å². The molecule has 1 aliphatic rings. The smallest absolute Gasteiger partial charge is 0.229 e. The summed E-state index contributed by atoms with van der Waals surface area (Å²) >= 11 is 0. The number of hydrogen-bond acceptors (Lipinski definition) is 6. The van der Waals surface area contributed by atoms with Gasteiger partial charge in [-0.1, -0.05) is 48.5 Å². The topological polar surface area (TPSA) is 133 Å². The van der Waals surface area contributed by atoms with E-state index in [2.05, 4.69) is 35.6 Å². The fraction of sp³-hybridized carbons (Fsp3) is 0.542. The Bertz CT molecular complexity index is 1330. The molecule has 1 atom stereocenters. The van der Waals surface area contributed by atoms with Crippen LogP contribution < -0.4 is 15.3 Å². The lowest BCUT2D eigenvalue weighted by molar-refractivity contribution is 0.319. The Kier molecular flexibility index (Phi) is 6.89. The number of amidine groups is 1. The van der Waals surface area contributed by atoms with Crippen LogP contribution in [0.3, 0.4) is 0 Å². The van der Waals surface area contributed by atoms with Gasteiger partial charge in [0.15, 0.2) is 5.75 Å². The van der Waals surface area contributed by atoms with E-state index in [1.807, 2.05) is 20.8 Å². The first kappa shape index (κ1) is 27.1. The Morgan fingerprint density at radius 1 is 1.14 bits per heavy atom. The summed E-state index contributed by atoms with van der Waals surface area (Å²) in [5.41, 5.74) is 0.986. The molecular formula is C24H37N4O5PS. The van der Waals surface area contributed by atoms with Crippen LogP contribution in [0.2, 0.25) is 0 Å². The second-order valence-corrected chi connectivity index (χ2v) is 15.8. The molecule has 11 heteroatoms. The molecule has 9 nitrogen and oxygen atoms in total. The van der Waals surface area contributed by atoms with Crippen LogP contribution in [0.4, 0.5) is 11.4 Å². The Morgan fingerprint density at radius 3 is 2.29 bits per heavy atom. The number of sulfonamides is 1. The molecule has 1 aliphatic heterocycles. The second-order valence-electron chi connectivity index (χ2n) is 11.3. The number of aromatic nitrogens is 1. The van der Waals surface area contributed by atoms with E-state index < -0.39 is 22.7 Å². The van der Waals surface area contributed by atoms with Crippen molar-refractivity contribution in [2.75, 3.05) is 22.5 Å². The molecule has 0 saturated carbocycles. The number of hydrogen-bond donors (Lipinski definition) is 4. The third-order valence-electron chi connectivity index (χ3n) is 5.86.